The molecule has 2 aromatic rings. The van der Waals surface area contributed by atoms with Gasteiger partial charge in [0.1, 0.15) is 0 Å². The Kier molecular flexibility index (Phi) is 3.76. The van der Waals surface area contributed by atoms with Crippen LogP contribution in [0.4, 0.5) is 0 Å². The van der Waals surface area contributed by atoms with E-state index in [1.165, 1.54) is 0 Å². The van der Waals surface area contributed by atoms with Crippen molar-refractivity contribution in [2.45, 2.75) is 25.8 Å². The van der Waals surface area contributed by atoms with Crippen LogP contribution in [0.2, 0.25) is 5.02 Å². The fourth-order valence-corrected chi connectivity index (χ4v) is 1.66. The van der Waals surface area contributed by atoms with Gasteiger partial charge in [0.25, 0.3) is 5.89 Å². The summed E-state index contributed by atoms with van der Waals surface area (Å²) in [5.74, 6) is 1.03. The number of aromatic nitrogens is 2. The fraction of sp³-hybridized carbons (Fsp3) is 0.333. The van der Waals surface area contributed by atoms with E-state index in [4.69, 9.17) is 21.9 Å². The first kappa shape index (κ1) is 12.1. The molecule has 0 aliphatic heterocycles. The SMILES string of the molecule is CCCC(N)c1noc(-c2ccc(Cl)cc2)n1. The van der Waals surface area contributed by atoms with Crippen LogP contribution in [-0.4, -0.2) is 10.1 Å². The van der Waals surface area contributed by atoms with Gasteiger partial charge in [-0.05, 0) is 30.7 Å². The Morgan fingerprint density at radius 3 is 2.71 bits per heavy atom. The van der Waals surface area contributed by atoms with Gasteiger partial charge in [0.05, 0.1) is 6.04 Å². The molecule has 0 radical (unpaired) electrons. The number of benzene rings is 1. The van der Waals surface area contributed by atoms with Crippen molar-refractivity contribution in [1.29, 1.82) is 0 Å². The summed E-state index contributed by atoms with van der Waals surface area (Å²) < 4.78 is 5.17. The molecular weight excluding hydrogens is 238 g/mol. The minimum Gasteiger partial charge on any atom is -0.334 e. The summed E-state index contributed by atoms with van der Waals surface area (Å²) >= 11 is 5.81. The van der Waals surface area contributed by atoms with Gasteiger partial charge in [-0.2, -0.15) is 4.98 Å². The Labute approximate surface area is 105 Å². The van der Waals surface area contributed by atoms with Crippen LogP contribution < -0.4 is 5.73 Å². The second-order valence-corrected chi connectivity index (χ2v) is 4.30. The Balaban J connectivity index is 2.20. The topological polar surface area (TPSA) is 64.9 Å². The zero-order chi connectivity index (χ0) is 12.3. The van der Waals surface area contributed by atoms with E-state index in [0.717, 1.165) is 18.4 Å². The van der Waals surface area contributed by atoms with E-state index >= 15 is 0 Å². The highest BCUT2D eigenvalue weighted by Gasteiger charge is 2.14. The van der Waals surface area contributed by atoms with Crippen LogP contribution in [0.1, 0.15) is 31.6 Å². The zero-order valence-corrected chi connectivity index (χ0v) is 10.3. The lowest BCUT2D eigenvalue weighted by Gasteiger charge is -2.02. The van der Waals surface area contributed by atoms with Gasteiger partial charge in [0.15, 0.2) is 5.82 Å². The average Bonchev–Trinajstić information content (AvgIpc) is 2.80. The van der Waals surface area contributed by atoms with Crippen LogP contribution in [0, 0.1) is 0 Å². The molecule has 1 atom stereocenters. The first-order chi connectivity index (χ1) is 8.20. The summed E-state index contributed by atoms with van der Waals surface area (Å²) in [7, 11) is 0. The quantitative estimate of drug-likeness (QED) is 0.906. The molecule has 0 saturated carbocycles. The maximum Gasteiger partial charge on any atom is 0.257 e. The molecule has 0 fully saturated rings. The molecule has 1 heterocycles. The van der Waals surface area contributed by atoms with Crippen LogP contribution in [0.25, 0.3) is 11.5 Å². The van der Waals surface area contributed by atoms with E-state index in [1.54, 1.807) is 12.1 Å². The highest BCUT2D eigenvalue weighted by Crippen LogP contribution is 2.21. The van der Waals surface area contributed by atoms with Crippen molar-refractivity contribution in [3.8, 4) is 11.5 Å². The van der Waals surface area contributed by atoms with Crippen molar-refractivity contribution in [3.63, 3.8) is 0 Å². The average molecular weight is 252 g/mol. The molecule has 2 N–H and O–H groups in total. The maximum atomic E-state index is 5.91. The zero-order valence-electron chi connectivity index (χ0n) is 9.56. The van der Waals surface area contributed by atoms with Gasteiger partial charge in [0, 0.05) is 10.6 Å². The standard InChI is InChI=1S/C12H14ClN3O/c1-2-3-10(14)11-15-12(17-16-11)8-4-6-9(13)7-5-8/h4-7,10H,2-3,14H2,1H3. The minimum atomic E-state index is -0.162. The monoisotopic (exact) mass is 251 g/mol. The van der Waals surface area contributed by atoms with E-state index in [1.807, 2.05) is 12.1 Å². The maximum absolute atomic E-state index is 5.91. The van der Waals surface area contributed by atoms with Gasteiger partial charge in [-0.1, -0.05) is 30.1 Å². The summed E-state index contributed by atoms with van der Waals surface area (Å²) in [6, 6.07) is 7.08. The van der Waals surface area contributed by atoms with Crippen molar-refractivity contribution in [2.75, 3.05) is 0 Å². The van der Waals surface area contributed by atoms with Gasteiger partial charge in [-0.3, -0.25) is 0 Å². The van der Waals surface area contributed by atoms with Crippen LogP contribution in [0.15, 0.2) is 28.8 Å². The molecule has 0 saturated heterocycles. The molecular formula is C12H14ClN3O. The first-order valence-corrected chi connectivity index (χ1v) is 5.93. The molecule has 0 spiro atoms. The molecule has 0 aliphatic carbocycles. The molecule has 0 aliphatic rings. The fourth-order valence-electron chi connectivity index (χ4n) is 1.54. The molecule has 1 aromatic carbocycles. The number of rotatable bonds is 4. The predicted octanol–water partition coefficient (Wildman–Crippen LogP) is 3.19. The number of halogens is 1. The second kappa shape index (κ2) is 5.29. The molecule has 5 heteroatoms. The summed E-state index contributed by atoms with van der Waals surface area (Å²) in [4.78, 5) is 4.28. The van der Waals surface area contributed by atoms with Crippen LogP contribution in [0.5, 0.6) is 0 Å². The second-order valence-electron chi connectivity index (χ2n) is 3.86. The van der Waals surface area contributed by atoms with E-state index in [9.17, 15) is 0 Å². The number of nitrogens with zero attached hydrogens (tertiary/aromatic N) is 2. The smallest absolute Gasteiger partial charge is 0.257 e. The molecule has 17 heavy (non-hydrogen) atoms. The van der Waals surface area contributed by atoms with Crippen LogP contribution in [-0.2, 0) is 0 Å². The third kappa shape index (κ3) is 2.84. The third-order valence-electron chi connectivity index (χ3n) is 2.46. The van der Waals surface area contributed by atoms with Crippen molar-refractivity contribution in [2.24, 2.45) is 5.73 Å². The Morgan fingerprint density at radius 1 is 1.35 bits per heavy atom. The molecule has 2 rings (SSSR count). The summed E-state index contributed by atoms with van der Waals surface area (Å²) in [5, 5.41) is 4.57. The van der Waals surface area contributed by atoms with Gasteiger partial charge in [-0.25, -0.2) is 0 Å². The Bertz CT molecular complexity index is 481. The molecule has 1 unspecified atom stereocenters. The largest absolute Gasteiger partial charge is 0.334 e. The van der Waals surface area contributed by atoms with Crippen molar-refractivity contribution in [3.05, 3.63) is 35.1 Å². The van der Waals surface area contributed by atoms with Gasteiger partial charge in [-0.15, -0.1) is 0 Å². The van der Waals surface area contributed by atoms with Gasteiger partial charge >= 0.3 is 0 Å². The van der Waals surface area contributed by atoms with Crippen molar-refractivity contribution < 1.29 is 4.52 Å². The highest BCUT2D eigenvalue weighted by molar-refractivity contribution is 6.30. The van der Waals surface area contributed by atoms with Crippen molar-refractivity contribution >= 4 is 11.6 Å². The normalized spacial score (nSPS) is 12.6. The molecule has 0 bridgehead atoms. The Hall–Kier alpha value is -1.39. The summed E-state index contributed by atoms with van der Waals surface area (Å²) in [6.45, 7) is 2.07. The van der Waals surface area contributed by atoms with E-state index < -0.39 is 0 Å². The van der Waals surface area contributed by atoms with Crippen LogP contribution >= 0.6 is 11.6 Å². The molecule has 4 nitrogen and oxygen atoms in total. The predicted molar refractivity (Wildman–Crippen MR) is 66.6 cm³/mol. The Morgan fingerprint density at radius 2 is 2.06 bits per heavy atom. The minimum absolute atomic E-state index is 0.162. The highest BCUT2D eigenvalue weighted by atomic mass is 35.5. The lowest BCUT2D eigenvalue weighted by molar-refractivity contribution is 0.413. The van der Waals surface area contributed by atoms with Gasteiger partial charge < -0.3 is 10.3 Å². The molecule has 1 aromatic heterocycles. The summed E-state index contributed by atoms with van der Waals surface area (Å²) in [6.07, 6.45) is 1.84. The lowest BCUT2D eigenvalue weighted by Crippen LogP contribution is -2.11. The van der Waals surface area contributed by atoms with E-state index in [2.05, 4.69) is 17.1 Å². The van der Waals surface area contributed by atoms with Gasteiger partial charge in [0.2, 0.25) is 0 Å². The summed E-state index contributed by atoms with van der Waals surface area (Å²) in [5.41, 5.74) is 6.76. The number of hydrogen-bond donors (Lipinski definition) is 1. The lowest BCUT2D eigenvalue weighted by atomic mass is 10.2. The van der Waals surface area contributed by atoms with E-state index in [0.29, 0.717) is 16.7 Å². The van der Waals surface area contributed by atoms with Crippen molar-refractivity contribution in [1.82, 2.24) is 10.1 Å². The third-order valence-corrected chi connectivity index (χ3v) is 2.72. The number of hydrogen-bond acceptors (Lipinski definition) is 4. The van der Waals surface area contributed by atoms with E-state index in [-0.39, 0.29) is 6.04 Å². The molecule has 90 valence electrons. The van der Waals surface area contributed by atoms with Crippen LogP contribution in [0.3, 0.4) is 0 Å². The number of nitrogens with two attached hydrogens (primary N) is 1. The molecule has 0 amide bonds. The first-order valence-electron chi connectivity index (χ1n) is 5.56.